The summed E-state index contributed by atoms with van der Waals surface area (Å²) >= 11 is 0. The Labute approximate surface area is 116 Å². The van der Waals surface area contributed by atoms with Crippen LogP contribution in [0, 0.1) is 24.1 Å². The molecule has 0 saturated carbocycles. The zero-order valence-electron chi connectivity index (χ0n) is 11.2. The van der Waals surface area contributed by atoms with Crippen molar-refractivity contribution in [3.05, 3.63) is 41.5 Å². The molecule has 2 N–H and O–H groups in total. The standard InChI is InChI=1S/C14H14FN5/c1-3-17-13-7-14(19-9(2)18-13)20-12-5-4-11(15)6-10(12)8-16/h4-7H,3H2,1-2H3,(H2,17,18,19,20). The number of benzene rings is 1. The molecule has 0 spiro atoms. The van der Waals surface area contributed by atoms with Gasteiger partial charge in [-0.15, -0.1) is 0 Å². The number of nitriles is 1. The highest BCUT2D eigenvalue weighted by molar-refractivity contribution is 5.65. The van der Waals surface area contributed by atoms with E-state index in [1.807, 2.05) is 13.0 Å². The maximum atomic E-state index is 13.1. The van der Waals surface area contributed by atoms with E-state index in [1.165, 1.54) is 18.2 Å². The summed E-state index contributed by atoms with van der Waals surface area (Å²) in [6.07, 6.45) is 0. The van der Waals surface area contributed by atoms with Crippen molar-refractivity contribution >= 4 is 17.3 Å². The first-order valence-corrected chi connectivity index (χ1v) is 6.18. The van der Waals surface area contributed by atoms with E-state index in [0.717, 1.165) is 6.54 Å². The third kappa shape index (κ3) is 3.20. The Hall–Kier alpha value is -2.68. The quantitative estimate of drug-likeness (QED) is 0.894. The van der Waals surface area contributed by atoms with Gasteiger partial charge in [-0.25, -0.2) is 14.4 Å². The number of rotatable bonds is 4. The van der Waals surface area contributed by atoms with Gasteiger partial charge in [0.05, 0.1) is 11.3 Å². The molecule has 0 atom stereocenters. The SMILES string of the molecule is CCNc1cc(Nc2ccc(F)cc2C#N)nc(C)n1. The molecular formula is C14H14FN5. The van der Waals surface area contributed by atoms with Gasteiger partial charge >= 0.3 is 0 Å². The molecule has 1 aromatic carbocycles. The summed E-state index contributed by atoms with van der Waals surface area (Å²) in [6.45, 7) is 4.50. The molecule has 0 radical (unpaired) electrons. The molecule has 0 fully saturated rings. The lowest BCUT2D eigenvalue weighted by Crippen LogP contribution is -2.04. The van der Waals surface area contributed by atoms with Crippen LogP contribution in [0.5, 0.6) is 0 Å². The number of halogens is 1. The number of anilines is 3. The van der Waals surface area contributed by atoms with E-state index in [0.29, 0.717) is 23.1 Å². The number of nitrogens with zero attached hydrogens (tertiary/aromatic N) is 3. The molecule has 1 aromatic heterocycles. The summed E-state index contributed by atoms with van der Waals surface area (Å²) in [5, 5.41) is 15.1. The fourth-order valence-corrected chi connectivity index (χ4v) is 1.76. The van der Waals surface area contributed by atoms with Gasteiger partial charge in [0, 0.05) is 12.6 Å². The lowest BCUT2D eigenvalue weighted by Gasteiger charge is -2.10. The van der Waals surface area contributed by atoms with Crippen molar-refractivity contribution in [3.63, 3.8) is 0 Å². The van der Waals surface area contributed by atoms with Gasteiger partial charge in [0.15, 0.2) is 0 Å². The minimum atomic E-state index is -0.445. The molecular weight excluding hydrogens is 257 g/mol. The van der Waals surface area contributed by atoms with E-state index in [9.17, 15) is 4.39 Å². The lowest BCUT2D eigenvalue weighted by molar-refractivity contribution is 0.627. The number of nitrogens with one attached hydrogen (secondary N) is 2. The van der Waals surface area contributed by atoms with Crippen LogP contribution in [0.4, 0.5) is 21.7 Å². The van der Waals surface area contributed by atoms with Gasteiger partial charge in [-0.1, -0.05) is 0 Å². The van der Waals surface area contributed by atoms with Gasteiger partial charge < -0.3 is 10.6 Å². The fourth-order valence-electron chi connectivity index (χ4n) is 1.76. The van der Waals surface area contributed by atoms with Gasteiger partial charge in [-0.2, -0.15) is 5.26 Å². The maximum Gasteiger partial charge on any atom is 0.136 e. The van der Waals surface area contributed by atoms with E-state index >= 15 is 0 Å². The van der Waals surface area contributed by atoms with Crippen molar-refractivity contribution in [2.75, 3.05) is 17.2 Å². The van der Waals surface area contributed by atoms with Crippen LogP contribution in [0.15, 0.2) is 24.3 Å². The smallest absolute Gasteiger partial charge is 0.136 e. The van der Waals surface area contributed by atoms with Gasteiger partial charge in [-0.3, -0.25) is 0 Å². The molecule has 0 saturated heterocycles. The Balaban J connectivity index is 2.32. The van der Waals surface area contributed by atoms with Crippen molar-refractivity contribution in [1.29, 1.82) is 5.26 Å². The third-order valence-electron chi connectivity index (χ3n) is 2.56. The Bertz CT molecular complexity index is 663. The normalized spacial score (nSPS) is 9.90. The molecule has 0 bridgehead atoms. The summed E-state index contributed by atoms with van der Waals surface area (Å²) in [6, 6.07) is 7.67. The molecule has 2 aromatic rings. The van der Waals surface area contributed by atoms with Crippen molar-refractivity contribution in [2.24, 2.45) is 0 Å². The topological polar surface area (TPSA) is 73.6 Å². The summed E-state index contributed by atoms with van der Waals surface area (Å²) in [5.74, 6) is 1.41. The molecule has 0 unspecified atom stereocenters. The number of aromatic nitrogens is 2. The largest absolute Gasteiger partial charge is 0.370 e. The fraction of sp³-hybridized carbons (Fsp3) is 0.214. The highest BCUT2D eigenvalue weighted by Gasteiger charge is 2.06. The molecule has 6 heteroatoms. The van der Waals surface area contributed by atoms with Crippen LogP contribution >= 0.6 is 0 Å². The molecule has 20 heavy (non-hydrogen) atoms. The van der Waals surface area contributed by atoms with E-state index in [-0.39, 0.29) is 5.56 Å². The Morgan fingerprint density at radius 1 is 1.25 bits per heavy atom. The molecule has 0 amide bonds. The lowest BCUT2D eigenvalue weighted by atomic mass is 10.2. The summed E-state index contributed by atoms with van der Waals surface area (Å²) < 4.78 is 13.1. The highest BCUT2D eigenvalue weighted by atomic mass is 19.1. The molecule has 102 valence electrons. The van der Waals surface area contributed by atoms with Crippen molar-refractivity contribution in [2.45, 2.75) is 13.8 Å². The summed E-state index contributed by atoms with van der Waals surface area (Å²) in [5.41, 5.74) is 0.737. The first kappa shape index (κ1) is 13.7. The predicted molar refractivity (Wildman–Crippen MR) is 75.3 cm³/mol. The second-order valence-electron chi connectivity index (χ2n) is 4.14. The van der Waals surface area contributed by atoms with Crippen molar-refractivity contribution in [3.8, 4) is 6.07 Å². The summed E-state index contributed by atoms with van der Waals surface area (Å²) in [7, 11) is 0. The van der Waals surface area contributed by atoms with Crippen LogP contribution in [0.2, 0.25) is 0 Å². The van der Waals surface area contributed by atoms with E-state index in [4.69, 9.17) is 5.26 Å². The van der Waals surface area contributed by atoms with Gasteiger partial charge in [-0.05, 0) is 32.0 Å². The van der Waals surface area contributed by atoms with E-state index in [2.05, 4.69) is 20.6 Å². The number of aryl methyl sites for hydroxylation is 1. The van der Waals surface area contributed by atoms with Crippen LogP contribution < -0.4 is 10.6 Å². The molecule has 0 aliphatic rings. The van der Waals surface area contributed by atoms with E-state index < -0.39 is 5.82 Å². The average Bonchev–Trinajstić information content (AvgIpc) is 2.40. The molecule has 2 rings (SSSR count). The minimum Gasteiger partial charge on any atom is -0.370 e. The number of hydrogen-bond acceptors (Lipinski definition) is 5. The molecule has 5 nitrogen and oxygen atoms in total. The maximum absolute atomic E-state index is 13.1. The zero-order valence-corrected chi connectivity index (χ0v) is 11.2. The van der Waals surface area contributed by atoms with Crippen molar-refractivity contribution < 1.29 is 4.39 Å². The molecule has 0 aliphatic heterocycles. The number of hydrogen-bond donors (Lipinski definition) is 2. The second kappa shape index (κ2) is 5.97. The Morgan fingerprint density at radius 3 is 2.70 bits per heavy atom. The Kier molecular flexibility index (Phi) is 4.11. The monoisotopic (exact) mass is 271 g/mol. The predicted octanol–water partition coefficient (Wildman–Crippen LogP) is 2.97. The first-order valence-electron chi connectivity index (χ1n) is 6.18. The highest BCUT2D eigenvalue weighted by Crippen LogP contribution is 2.21. The van der Waals surface area contributed by atoms with E-state index in [1.54, 1.807) is 13.0 Å². The van der Waals surface area contributed by atoms with Crippen molar-refractivity contribution in [1.82, 2.24) is 9.97 Å². The summed E-state index contributed by atoms with van der Waals surface area (Å²) in [4.78, 5) is 8.48. The zero-order chi connectivity index (χ0) is 14.5. The van der Waals surface area contributed by atoms with Crippen LogP contribution in [0.1, 0.15) is 18.3 Å². The second-order valence-corrected chi connectivity index (χ2v) is 4.14. The third-order valence-corrected chi connectivity index (χ3v) is 2.56. The van der Waals surface area contributed by atoms with Crippen LogP contribution in [-0.2, 0) is 0 Å². The minimum absolute atomic E-state index is 0.228. The molecule has 1 heterocycles. The van der Waals surface area contributed by atoms with Gasteiger partial charge in [0.2, 0.25) is 0 Å². The van der Waals surface area contributed by atoms with Crippen LogP contribution in [0.25, 0.3) is 0 Å². The average molecular weight is 271 g/mol. The van der Waals surface area contributed by atoms with Gasteiger partial charge in [0.25, 0.3) is 0 Å². The molecule has 0 aliphatic carbocycles. The van der Waals surface area contributed by atoms with Crippen LogP contribution in [-0.4, -0.2) is 16.5 Å². The van der Waals surface area contributed by atoms with Crippen LogP contribution in [0.3, 0.4) is 0 Å². The Morgan fingerprint density at radius 2 is 2.00 bits per heavy atom. The first-order chi connectivity index (χ1) is 9.62. The van der Waals surface area contributed by atoms with Gasteiger partial charge in [0.1, 0.15) is 29.3 Å².